The molecule has 1 saturated heterocycles. The van der Waals surface area contributed by atoms with Gasteiger partial charge in [-0.05, 0) is 54.1 Å². The van der Waals surface area contributed by atoms with Crippen LogP contribution in [0.1, 0.15) is 61.1 Å². The van der Waals surface area contributed by atoms with Crippen LogP contribution in [0.5, 0.6) is 0 Å². The van der Waals surface area contributed by atoms with Gasteiger partial charge in [0.2, 0.25) is 5.91 Å². The average molecular weight is 657 g/mol. The molecule has 1 aromatic rings. The van der Waals surface area contributed by atoms with Gasteiger partial charge >= 0.3 is 17.8 Å². The maximum Gasteiger partial charge on any atom is 0.408 e. The van der Waals surface area contributed by atoms with Gasteiger partial charge in [-0.3, -0.25) is 19.1 Å². The normalized spacial score (nSPS) is 20.7. The highest BCUT2D eigenvalue weighted by Crippen LogP contribution is 2.34. The van der Waals surface area contributed by atoms with Gasteiger partial charge in [-0.25, -0.2) is 14.4 Å². The second-order valence-corrected chi connectivity index (χ2v) is 12.3. The Balaban J connectivity index is 2.30. The number of ether oxygens (including phenoxy) is 3. The van der Waals surface area contributed by atoms with E-state index in [-0.39, 0.29) is 16.8 Å². The Labute approximate surface area is 251 Å². The number of aromatic amines is 1. The highest BCUT2D eigenvalue weighted by atomic mass is 79.9. The van der Waals surface area contributed by atoms with Crippen LogP contribution in [-0.4, -0.2) is 63.5 Å². The molecule has 0 bridgehead atoms. The number of halogens is 1. The molecule has 0 saturated carbocycles. The predicted molar refractivity (Wildman–Crippen MR) is 155 cm³/mol. The molecule has 1 fully saturated rings. The van der Waals surface area contributed by atoms with Crippen LogP contribution in [0, 0.1) is 11.8 Å². The Kier molecular flexibility index (Phi) is 12.0. The molecule has 1 aliphatic rings. The van der Waals surface area contributed by atoms with Crippen molar-refractivity contribution >= 4 is 33.9 Å². The van der Waals surface area contributed by atoms with Crippen LogP contribution in [0.4, 0.5) is 4.79 Å². The molecule has 0 spiro atoms. The first-order chi connectivity index (χ1) is 19.5. The first-order valence-electron chi connectivity index (χ1n) is 13.3. The molecule has 1 aliphatic heterocycles. The number of carbonyl (C=O) groups is 3. The minimum Gasteiger partial charge on any atom is -0.458 e. The molecule has 0 aliphatic carbocycles. The summed E-state index contributed by atoms with van der Waals surface area (Å²) in [7, 11) is 0. The Bertz CT molecular complexity index is 1330. The van der Waals surface area contributed by atoms with Crippen molar-refractivity contribution in [3.05, 3.63) is 54.6 Å². The van der Waals surface area contributed by atoms with Crippen molar-refractivity contribution in [2.75, 3.05) is 0 Å². The van der Waals surface area contributed by atoms with Crippen molar-refractivity contribution in [3.8, 4) is 0 Å². The number of hydrogen-bond donors (Lipinski definition) is 3. The van der Waals surface area contributed by atoms with E-state index in [0.29, 0.717) is 0 Å². The number of H-pyrrole nitrogens is 1. The number of azide groups is 1. The van der Waals surface area contributed by atoms with E-state index in [1.807, 2.05) is 0 Å². The van der Waals surface area contributed by atoms with Gasteiger partial charge in [-0.2, -0.15) is 0 Å². The number of esters is 1. The fourth-order valence-electron chi connectivity index (χ4n) is 4.17. The van der Waals surface area contributed by atoms with Gasteiger partial charge in [0.15, 0.2) is 0 Å². The number of carbonyl (C=O) groups excluding carboxylic acids is 3. The van der Waals surface area contributed by atoms with Crippen LogP contribution in [0.2, 0.25) is 0 Å². The Hall–Kier alpha value is -3.62. The van der Waals surface area contributed by atoms with Crippen LogP contribution >= 0.6 is 15.9 Å². The lowest BCUT2D eigenvalue weighted by atomic mass is 10.00. The lowest BCUT2D eigenvalue weighted by molar-refractivity contribution is -0.157. The first kappa shape index (κ1) is 34.6. The van der Waals surface area contributed by atoms with Crippen LogP contribution in [-0.2, 0) is 23.8 Å². The second-order valence-electron chi connectivity index (χ2n) is 11.4. The molecular formula is C26H38BrN7O8. The van der Waals surface area contributed by atoms with Gasteiger partial charge in [-0.15, -0.1) is 6.58 Å². The number of alkyl carbamates (subject to hydrolysis) is 1. The van der Waals surface area contributed by atoms with Crippen LogP contribution in [0.3, 0.4) is 0 Å². The SMILES string of the molecule is C=CC(N=[N+]=[N-])[C@H]1O[C@@H](n2cc(Br)c(=O)[nH]c2=O)C[C@@H]1OC(=O)[C@@H](NC(=O)[C@@H](NC(=O)OC(C)(C)C)C(C)C)C(C)C. The Morgan fingerprint density at radius 2 is 1.83 bits per heavy atom. The van der Waals surface area contributed by atoms with Crippen LogP contribution in [0.25, 0.3) is 10.4 Å². The van der Waals surface area contributed by atoms with Gasteiger partial charge in [0.25, 0.3) is 5.56 Å². The summed E-state index contributed by atoms with van der Waals surface area (Å²) >= 11 is 3.07. The summed E-state index contributed by atoms with van der Waals surface area (Å²) in [5.74, 6) is -2.21. The van der Waals surface area contributed by atoms with E-state index < -0.39 is 77.3 Å². The maximum atomic E-state index is 13.4. The second kappa shape index (κ2) is 14.5. The number of amides is 2. The van der Waals surface area contributed by atoms with Crippen LogP contribution in [0.15, 0.2) is 38.0 Å². The van der Waals surface area contributed by atoms with Crippen molar-refractivity contribution in [3.63, 3.8) is 0 Å². The third kappa shape index (κ3) is 9.19. The number of hydrogen-bond acceptors (Lipinski definition) is 9. The van der Waals surface area contributed by atoms with Crippen molar-refractivity contribution in [1.82, 2.24) is 20.2 Å². The lowest BCUT2D eigenvalue weighted by Gasteiger charge is -2.29. The molecule has 232 valence electrons. The number of nitrogens with zero attached hydrogens (tertiary/aromatic N) is 4. The summed E-state index contributed by atoms with van der Waals surface area (Å²) in [5.41, 5.74) is 6.86. The standard InChI is InChI=1S/C26H38BrN7O8/c1-9-15(32-33-28)20-16(10-17(41-20)34-11-14(27)21(35)31-24(34)38)40-23(37)19(13(4)5)29-22(36)18(12(2)3)30-25(39)42-26(6,7)8/h9,11-13,15-20H,1,10H2,2-8H3,(H,29,36)(H,30,39)(H,31,35,38)/t15?,16-,17+,18-,19-,20+/m0/s1. The topological polar surface area (TPSA) is 207 Å². The van der Waals surface area contributed by atoms with E-state index in [2.05, 4.69) is 48.2 Å². The molecule has 2 heterocycles. The van der Waals surface area contributed by atoms with Gasteiger partial charge in [-0.1, -0.05) is 38.9 Å². The number of rotatable bonds is 11. The summed E-state index contributed by atoms with van der Waals surface area (Å²) in [4.78, 5) is 68.2. The summed E-state index contributed by atoms with van der Waals surface area (Å²) in [5, 5.41) is 8.87. The molecule has 16 heteroatoms. The molecular weight excluding hydrogens is 618 g/mol. The zero-order valence-electron chi connectivity index (χ0n) is 24.6. The lowest BCUT2D eigenvalue weighted by Crippen LogP contribution is -2.56. The summed E-state index contributed by atoms with van der Waals surface area (Å²) in [6, 6.07) is -3.12. The molecule has 6 atom stereocenters. The van der Waals surface area contributed by atoms with E-state index >= 15 is 0 Å². The maximum absolute atomic E-state index is 13.4. The molecule has 15 nitrogen and oxygen atoms in total. The van der Waals surface area contributed by atoms with E-state index in [0.717, 1.165) is 4.57 Å². The first-order valence-corrected chi connectivity index (χ1v) is 14.1. The smallest absolute Gasteiger partial charge is 0.408 e. The molecule has 2 amide bonds. The summed E-state index contributed by atoms with van der Waals surface area (Å²) < 4.78 is 18.2. The highest BCUT2D eigenvalue weighted by molar-refractivity contribution is 9.10. The number of nitrogens with one attached hydrogen (secondary N) is 3. The Morgan fingerprint density at radius 3 is 2.36 bits per heavy atom. The van der Waals surface area contributed by atoms with Crippen molar-refractivity contribution in [1.29, 1.82) is 0 Å². The molecule has 1 aromatic heterocycles. The van der Waals surface area contributed by atoms with Crippen molar-refractivity contribution in [2.45, 2.75) is 97.0 Å². The summed E-state index contributed by atoms with van der Waals surface area (Å²) in [6.45, 7) is 15.6. The van der Waals surface area contributed by atoms with Gasteiger partial charge in [0.1, 0.15) is 36.1 Å². The highest BCUT2D eigenvalue weighted by Gasteiger charge is 2.44. The van der Waals surface area contributed by atoms with Crippen molar-refractivity contribution < 1.29 is 28.6 Å². The van der Waals surface area contributed by atoms with Gasteiger partial charge < -0.3 is 24.8 Å². The third-order valence-corrected chi connectivity index (χ3v) is 6.78. The Morgan fingerprint density at radius 1 is 1.21 bits per heavy atom. The zero-order valence-corrected chi connectivity index (χ0v) is 26.2. The molecule has 0 aromatic carbocycles. The molecule has 3 N–H and O–H groups in total. The molecule has 42 heavy (non-hydrogen) atoms. The minimum absolute atomic E-state index is 0.0480. The van der Waals surface area contributed by atoms with E-state index in [1.54, 1.807) is 48.5 Å². The van der Waals surface area contributed by atoms with E-state index in [4.69, 9.17) is 19.7 Å². The zero-order chi connectivity index (χ0) is 31.9. The van der Waals surface area contributed by atoms with Gasteiger partial charge in [0, 0.05) is 17.5 Å². The average Bonchev–Trinajstić information content (AvgIpc) is 3.27. The minimum atomic E-state index is -1.13. The van der Waals surface area contributed by atoms with Crippen molar-refractivity contribution in [2.24, 2.45) is 17.0 Å². The largest absolute Gasteiger partial charge is 0.458 e. The van der Waals surface area contributed by atoms with Gasteiger partial charge in [0.05, 0.1) is 10.5 Å². The van der Waals surface area contributed by atoms with E-state index in [9.17, 15) is 24.0 Å². The van der Waals surface area contributed by atoms with E-state index in [1.165, 1.54) is 12.3 Å². The molecule has 0 radical (unpaired) electrons. The fourth-order valence-corrected chi connectivity index (χ4v) is 4.49. The third-order valence-electron chi connectivity index (χ3n) is 6.22. The molecule has 2 rings (SSSR count). The molecule has 1 unspecified atom stereocenters. The summed E-state index contributed by atoms with van der Waals surface area (Å²) in [6.07, 6.45) is -1.35. The van der Waals surface area contributed by atoms with Crippen LogP contribution < -0.4 is 21.9 Å². The monoisotopic (exact) mass is 655 g/mol. The predicted octanol–water partition coefficient (Wildman–Crippen LogP) is 3.05. The fraction of sp³-hybridized carbons (Fsp3) is 0.654. The quantitative estimate of drug-likeness (QED) is 0.106. The number of aromatic nitrogens is 2.